The molecule has 1 heteroatoms. The van der Waals surface area contributed by atoms with Crippen molar-refractivity contribution in [3.8, 4) is 11.8 Å². The topological polar surface area (TPSA) is 20.2 Å². The Bertz CT molecular complexity index is 318. The number of aliphatic hydroxyl groups excluding tert-OH is 1. The Hall–Kier alpha value is -1.26. The molecule has 0 unspecified atom stereocenters. The number of unbranched alkanes of at least 4 members (excludes halogenated alkanes) is 2. The predicted molar refractivity (Wildman–Crippen MR) is 63.5 cm³/mol. The summed E-state index contributed by atoms with van der Waals surface area (Å²) in [6.07, 6.45) is 3.72. The molecule has 0 heterocycles. The maximum atomic E-state index is 9.56. The summed E-state index contributed by atoms with van der Waals surface area (Å²) in [4.78, 5) is 0. The van der Waals surface area contributed by atoms with Crippen LogP contribution in [0.2, 0.25) is 0 Å². The highest BCUT2D eigenvalue weighted by Gasteiger charge is 1.97. The summed E-state index contributed by atoms with van der Waals surface area (Å²) >= 11 is 0. The van der Waals surface area contributed by atoms with Gasteiger partial charge in [-0.2, -0.15) is 0 Å². The van der Waals surface area contributed by atoms with Gasteiger partial charge in [0, 0.05) is 5.56 Å². The largest absolute Gasteiger partial charge is 0.380 e. The molecule has 0 aliphatic rings. The van der Waals surface area contributed by atoms with E-state index in [2.05, 4.69) is 18.8 Å². The zero-order chi connectivity index (χ0) is 10.9. The molecule has 0 aromatic heterocycles. The molecule has 0 saturated carbocycles. The van der Waals surface area contributed by atoms with Crippen molar-refractivity contribution in [2.75, 3.05) is 0 Å². The zero-order valence-corrected chi connectivity index (χ0v) is 9.24. The van der Waals surface area contributed by atoms with E-state index in [4.69, 9.17) is 0 Å². The van der Waals surface area contributed by atoms with Gasteiger partial charge in [0.1, 0.15) is 6.10 Å². The Morgan fingerprint density at radius 1 is 1.20 bits per heavy atom. The van der Waals surface area contributed by atoms with Gasteiger partial charge in [-0.1, -0.05) is 49.8 Å². The molecular weight excluding hydrogens is 184 g/mol. The fourth-order valence-electron chi connectivity index (χ4n) is 1.35. The molecule has 0 radical (unpaired) electrons. The first-order valence-electron chi connectivity index (χ1n) is 5.57. The summed E-state index contributed by atoms with van der Waals surface area (Å²) < 4.78 is 0. The third-order valence-corrected chi connectivity index (χ3v) is 2.24. The summed E-state index contributed by atoms with van der Waals surface area (Å²) in [7, 11) is 0. The van der Waals surface area contributed by atoms with E-state index < -0.39 is 6.10 Å². The number of benzene rings is 1. The minimum absolute atomic E-state index is 0.475. The molecule has 0 amide bonds. The van der Waals surface area contributed by atoms with Crippen LogP contribution in [0.3, 0.4) is 0 Å². The van der Waals surface area contributed by atoms with E-state index in [9.17, 15) is 5.11 Å². The van der Waals surface area contributed by atoms with Crippen LogP contribution in [0, 0.1) is 11.8 Å². The van der Waals surface area contributed by atoms with Gasteiger partial charge < -0.3 is 5.11 Å². The third-order valence-electron chi connectivity index (χ3n) is 2.24. The Kier molecular flexibility index (Phi) is 5.58. The van der Waals surface area contributed by atoms with E-state index in [0.717, 1.165) is 18.4 Å². The molecule has 1 atom stereocenters. The average molecular weight is 202 g/mol. The van der Waals surface area contributed by atoms with Crippen LogP contribution in [-0.2, 0) is 0 Å². The molecule has 80 valence electrons. The Morgan fingerprint density at radius 2 is 1.93 bits per heavy atom. The van der Waals surface area contributed by atoms with Crippen molar-refractivity contribution in [2.24, 2.45) is 0 Å². The van der Waals surface area contributed by atoms with Gasteiger partial charge in [0.15, 0.2) is 0 Å². The number of hydrogen-bond donors (Lipinski definition) is 1. The second-order valence-electron chi connectivity index (χ2n) is 3.65. The van der Waals surface area contributed by atoms with Crippen molar-refractivity contribution < 1.29 is 5.11 Å². The van der Waals surface area contributed by atoms with Crippen LogP contribution >= 0.6 is 0 Å². The fraction of sp³-hybridized carbons (Fsp3) is 0.429. The van der Waals surface area contributed by atoms with Crippen molar-refractivity contribution >= 4 is 0 Å². The van der Waals surface area contributed by atoms with E-state index in [1.807, 2.05) is 30.3 Å². The summed E-state index contributed by atoms with van der Waals surface area (Å²) in [6, 6.07) is 9.77. The summed E-state index contributed by atoms with van der Waals surface area (Å²) in [5.41, 5.74) is 0.965. The highest BCUT2D eigenvalue weighted by Crippen LogP contribution is 2.03. The third kappa shape index (κ3) is 5.24. The van der Waals surface area contributed by atoms with Crippen LogP contribution in [0.15, 0.2) is 30.3 Å². The number of aliphatic hydroxyl groups is 1. The zero-order valence-electron chi connectivity index (χ0n) is 9.24. The molecule has 0 saturated heterocycles. The monoisotopic (exact) mass is 202 g/mol. The van der Waals surface area contributed by atoms with Crippen LogP contribution in [0.25, 0.3) is 0 Å². The Morgan fingerprint density at radius 3 is 2.60 bits per heavy atom. The lowest BCUT2D eigenvalue weighted by Crippen LogP contribution is -2.02. The van der Waals surface area contributed by atoms with Crippen LogP contribution in [-0.4, -0.2) is 11.2 Å². The quantitative estimate of drug-likeness (QED) is 0.588. The second kappa shape index (κ2) is 7.09. The molecule has 0 bridgehead atoms. The predicted octanol–water partition coefficient (Wildman–Crippen LogP) is 2.98. The SMILES string of the molecule is CCCCC[C@@H](O)C#Cc1ccccc1. The first-order valence-corrected chi connectivity index (χ1v) is 5.57. The van der Waals surface area contributed by atoms with E-state index in [0.29, 0.717) is 0 Å². The molecule has 1 N–H and O–H groups in total. The van der Waals surface area contributed by atoms with Crippen LogP contribution in [0.5, 0.6) is 0 Å². The Labute approximate surface area is 92.1 Å². The molecule has 0 fully saturated rings. The molecule has 1 aromatic carbocycles. The van der Waals surface area contributed by atoms with Gasteiger partial charge in [0.2, 0.25) is 0 Å². The van der Waals surface area contributed by atoms with E-state index in [1.165, 1.54) is 12.8 Å². The van der Waals surface area contributed by atoms with Gasteiger partial charge in [-0.25, -0.2) is 0 Å². The van der Waals surface area contributed by atoms with E-state index >= 15 is 0 Å². The molecule has 1 aromatic rings. The molecule has 0 aliphatic heterocycles. The Balaban J connectivity index is 2.37. The minimum Gasteiger partial charge on any atom is -0.380 e. The first-order chi connectivity index (χ1) is 7.33. The lowest BCUT2D eigenvalue weighted by Gasteiger charge is -2.00. The van der Waals surface area contributed by atoms with Gasteiger partial charge in [-0.3, -0.25) is 0 Å². The van der Waals surface area contributed by atoms with Gasteiger partial charge in [0.05, 0.1) is 0 Å². The van der Waals surface area contributed by atoms with Crippen LogP contribution in [0.4, 0.5) is 0 Å². The van der Waals surface area contributed by atoms with Crippen molar-refractivity contribution in [2.45, 2.75) is 38.7 Å². The van der Waals surface area contributed by atoms with Crippen molar-refractivity contribution in [1.82, 2.24) is 0 Å². The summed E-state index contributed by atoms with van der Waals surface area (Å²) in [5, 5.41) is 9.56. The highest BCUT2D eigenvalue weighted by atomic mass is 16.3. The fourth-order valence-corrected chi connectivity index (χ4v) is 1.35. The smallest absolute Gasteiger partial charge is 0.115 e. The van der Waals surface area contributed by atoms with Crippen molar-refractivity contribution in [3.63, 3.8) is 0 Å². The number of rotatable bonds is 4. The normalized spacial score (nSPS) is 11.6. The van der Waals surface area contributed by atoms with Crippen LogP contribution < -0.4 is 0 Å². The lowest BCUT2D eigenvalue weighted by molar-refractivity contribution is 0.217. The van der Waals surface area contributed by atoms with Crippen molar-refractivity contribution in [1.29, 1.82) is 0 Å². The standard InChI is InChI=1S/C14H18O/c1-2-3-5-10-14(15)12-11-13-8-6-4-7-9-13/h4,6-9,14-15H,2-3,5,10H2,1H3/t14-/m1/s1. The van der Waals surface area contributed by atoms with Gasteiger partial charge in [-0.15, -0.1) is 0 Å². The first kappa shape index (κ1) is 11.8. The van der Waals surface area contributed by atoms with Gasteiger partial charge in [0.25, 0.3) is 0 Å². The van der Waals surface area contributed by atoms with E-state index in [1.54, 1.807) is 0 Å². The average Bonchev–Trinajstić information content (AvgIpc) is 2.28. The van der Waals surface area contributed by atoms with Crippen LogP contribution in [0.1, 0.15) is 38.2 Å². The highest BCUT2D eigenvalue weighted by molar-refractivity contribution is 5.34. The summed E-state index contributed by atoms with van der Waals surface area (Å²) in [6.45, 7) is 2.15. The molecule has 15 heavy (non-hydrogen) atoms. The molecule has 1 rings (SSSR count). The molecule has 0 spiro atoms. The maximum absolute atomic E-state index is 9.56. The summed E-state index contributed by atoms with van der Waals surface area (Å²) in [5.74, 6) is 5.83. The lowest BCUT2D eigenvalue weighted by atomic mass is 10.1. The second-order valence-corrected chi connectivity index (χ2v) is 3.65. The molecule has 1 nitrogen and oxygen atoms in total. The molecular formula is C14H18O. The maximum Gasteiger partial charge on any atom is 0.115 e. The molecule has 0 aliphatic carbocycles. The van der Waals surface area contributed by atoms with Gasteiger partial charge >= 0.3 is 0 Å². The van der Waals surface area contributed by atoms with Crippen molar-refractivity contribution in [3.05, 3.63) is 35.9 Å². The van der Waals surface area contributed by atoms with E-state index in [-0.39, 0.29) is 0 Å². The number of hydrogen-bond acceptors (Lipinski definition) is 1. The van der Waals surface area contributed by atoms with Gasteiger partial charge in [-0.05, 0) is 25.0 Å². The minimum atomic E-state index is -0.475.